The van der Waals surface area contributed by atoms with Crippen molar-refractivity contribution < 1.29 is 9.72 Å². The van der Waals surface area contributed by atoms with Crippen LogP contribution in [0, 0.1) is 10.1 Å². The Morgan fingerprint density at radius 2 is 2.04 bits per heavy atom. The van der Waals surface area contributed by atoms with Gasteiger partial charge in [0.05, 0.1) is 16.8 Å². The van der Waals surface area contributed by atoms with Gasteiger partial charge in [-0.3, -0.25) is 19.5 Å². The van der Waals surface area contributed by atoms with E-state index in [0.29, 0.717) is 11.5 Å². The van der Waals surface area contributed by atoms with Crippen molar-refractivity contribution in [3.8, 4) is 5.82 Å². The van der Waals surface area contributed by atoms with Gasteiger partial charge in [-0.25, -0.2) is 9.97 Å². The molecular weight excluding hydrogens is 298 g/mol. The second-order valence-electron chi connectivity index (χ2n) is 4.60. The highest BCUT2D eigenvalue weighted by Crippen LogP contribution is 2.19. The average Bonchev–Trinajstić information content (AvgIpc) is 3.10. The van der Waals surface area contributed by atoms with E-state index in [9.17, 15) is 14.9 Å². The predicted octanol–water partition coefficient (Wildman–Crippen LogP) is 2.43. The van der Waals surface area contributed by atoms with Crippen LogP contribution < -0.4 is 5.32 Å². The quantitative estimate of drug-likeness (QED) is 0.589. The standard InChI is InChI=1S/C15H11N5O3/c21-15(12-3-1-2-4-13(12)20(22)23)18-11-5-6-14(17-9-11)19-8-7-16-10-19/h1-10H,(H,18,21). The minimum Gasteiger partial charge on any atom is -0.320 e. The summed E-state index contributed by atoms with van der Waals surface area (Å²) in [4.78, 5) is 30.7. The molecule has 3 rings (SSSR count). The number of benzene rings is 1. The van der Waals surface area contributed by atoms with E-state index >= 15 is 0 Å². The number of nitrogens with zero attached hydrogens (tertiary/aromatic N) is 4. The molecule has 2 aromatic heterocycles. The predicted molar refractivity (Wildman–Crippen MR) is 82.4 cm³/mol. The number of imidazole rings is 1. The normalized spacial score (nSPS) is 10.3. The number of pyridine rings is 1. The number of carbonyl (C=O) groups excluding carboxylic acids is 1. The van der Waals surface area contributed by atoms with Crippen molar-refractivity contribution in [2.75, 3.05) is 5.32 Å². The fourth-order valence-electron chi connectivity index (χ4n) is 2.03. The lowest BCUT2D eigenvalue weighted by atomic mass is 10.1. The van der Waals surface area contributed by atoms with Crippen molar-refractivity contribution in [3.05, 3.63) is 77.0 Å². The highest BCUT2D eigenvalue weighted by atomic mass is 16.6. The van der Waals surface area contributed by atoms with Gasteiger partial charge in [0.15, 0.2) is 0 Å². The van der Waals surface area contributed by atoms with Gasteiger partial charge in [-0.15, -0.1) is 0 Å². The maximum Gasteiger partial charge on any atom is 0.282 e. The first-order valence-corrected chi connectivity index (χ1v) is 6.64. The fourth-order valence-corrected chi connectivity index (χ4v) is 2.03. The number of hydrogen-bond acceptors (Lipinski definition) is 5. The first-order valence-electron chi connectivity index (χ1n) is 6.64. The summed E-state index contributed by atoms with van der Waals surface area (Å²) in [6.45, 7) is 0. The van der Waals surface area contributed by atoms with Gasteiger partial charge in [-0.2, -0.15) is 0 Å². The van der Waals surface area contributed by atoms with Crippen LogP contribution in [0.5, 0.6) is 0 Å². The fraction of sp³-hybridized carbons (Fsp3) is 0. The Kier molecular flexibility index (Phi) is 3.79. The van der Waals surface area contributed by atoms with E-state index in [1.165, 1.54) is 24.4 Å². The summed E-state index contributed by atoms with van der Waals surface area (Å²) in [5.41, 5.74) is 0.196. The number of nitrogens with one attached hydrogen (secondary N) is 1. The largest absolute Gasteiger partial charge is 0.320 e. The van der Waals surface area contributed by atoms with Crippen LogP contribution in [0.15, 0.2) is 61.3 Å². The van der Waals surface area contributed by atoms with Crippen LogP contribution in [-0.4, -0.2) is 25.4 Å². The van der Waals surface area contributed by atoms with E-state index in [2.05, 4.69) is 15.3 Å². The molecule has 0 aliphatic carbocycles. The Bertz CT molecular complexity index is 844. The Morgan fingerprint density at radius 3 is 2.70 bits per heavy atom. The molecule has 0 aliphatic rings. The molecule has 0 radical (unpaired) electrons. The third-order valence-corrected chi connectivity index (χ3v) is 3.12. The second-order valence-corrected chi connectivity index (χ2v) is 4.60. The SMILES string of the molecule is O=C(Nc1ccc(-n2ccnc2)nc1)c1ccccc1[N+](=O)[O-]. The highest BCUT2D eigenvalue weighted by Gasteiger charge is 2.19. The minimum atomic E-state index is -0.588. The Labute approximate surface area is 130 Å². The molecule has 0 spiro atoms. The number of hydrogen-bond donors (Lipinski definition) is 1. The molecule has 0 saturated heterocycles. The molecule has 23 heavy (non-hydrogen) atoms. The third-order valence-electron chi connectivity index (χ3n) is 3.12. The first-order chi connectivity index (χ1) is 11.1. The van der Waals surface area contributed by atoms with Gasteiger partial charge in [-0.05, 0) is 18.2 Å². The molecule has 0 bridgehead atoms. The number of para-hydroxylation sites is 1. The van der Waals surface area contributed by atoms with Crippen molar-refractivity contribution in [3.63, 3.8) is 0 Å². The number of carbonyl (C=O) groups is 1. The molecule has 0 atom stereocenters. The minimum absolute atomic E-state index is 0.00353. The number of nitro groups is 1. The molecule has 8 nitrogen and oxygen atoms in total. The van der Waals surface area contributed by atoms with Gasteiger partial charge in [0.2, 0.25) is 0 Å². The van der Waals surface area contributed by atoms with E-state index in [1.54, 1.807) is 41.5 Å². The summed E-state index contributed by atoms with van der Waals surface area (Å²) in [5, 5.41) is 13.6. The van der Waals surface area contributed by atoms with Crippen LogP contribution in [0.4, 0.5) is 11.4 Å². The van der Waals surface area contributed by atoms with Gasteiger partial charge in [0, 0.05) is 18.5 Å². The van der Waals surface area contributed by atoms with Gasteiger partial charge in [-0.1, -0.05) is 12.1 Å². The van der Waals surface area contributed by atoms with Crippen molar-refractivity contribution in [2.45, 2.75) is 0 Å². The van der Waals surface area contributed by atoms with Crippen molar-refractivity contribution in [1.82, 2.24) is 14.5 Å². The molecule has 1 amide bonds. The first kappa shape index (κ1) is 14.4. The number of aromatic nitrogens is 3. The molecule has 0 aliphatic heterocycles. The lowest BCUT2D eigenvalue weighted by molar-refractivity contribution is -0.385. The summed E-state index contributed by atoms with van der Waals surface area (Å²) >= 11 is 0. The molecule has 1 N–H and O–H groups in total. The van der Waals surface area contributed by atoms with Crippen molar-refractivity contribution in [2.24, 2.45) is 0 Å². The zero-order valence-electron chi connectivity index (χ0n) is 11.8. The van der Waals surface area contributed by atoms with Crippen LogP contribution in [0.25, 0.3) is 5.82 Å². The van der Waals surface area contributed by atoms with E-state index in [-0.39, 0.29) is 11.3 Å². The van der Waals surface area contributed by atoms with E-state index in [1.807, 2.05) is 0 Å². The van der Waals surface area contributed by atoms with Crippen LogP contribution in [0.2, 0.25) is 0 Å². The number of amides is 1. The maximum absolute atomic E-state index is 12.2. The lowest BCUT2D eigenvalue weighted by Crippen LogP contribution is -2.14. The van der Waals surface area contributed by atoms with Gasteiger partial charge < -0.3 is 5.32 Å². The second kappa shape index (κ2) is 6.06. The Balaban J connectivity index is 1.80. The molecule has 1 aromatic carbocycles. The van der Waals surface area contributed by atoms with Crippen molar-refractivity contribution in [1.29, 1.82) is 0 Å². The molecule has 2 heterocycles. The van der Waals surface area contributed by atoms with E-state index < -0.39 is 10.8 Å². The summed E-state index contributed by atoms with van der Waals surface area (Å²) in [6, 6.07) is 9.14. The van der Waals surface area contributed by atoms with E-state index in [4.69, 9.17) is 0 Å². The molecule has 3 aromatic rings. The zero-order valence-corrected chi connectivity index (χ0v) is 11.8. The molecule has 0 saturated carbocycles. The van der Waals surface area contributed by atoms with Gasteiger partial charge in [0.1, 0.15) is 17.7 Å². The van der Waals surface area contributed by atoms with Crippen LogP contribution >= 0.6 is 0 Å². The molecule has 114 valence electrons. The number of nitro benzene ring substituents is 1. The van der Waals surface area contributed by atoms with Gasteiger partial charge in [0.25, 0.3) is 11.6 Å². The molecular formula is C15H11N5O3. The highest BCUT2D eigenvalue weighted by molar-refractivity contribution is 6.06. The summed E-state index contributed by atoms with van der Waals surface area (Å²) < 4.78 is 1.72. The molecule has 8 heteroatoms. The van der Waals surface area contributed by atoms with Crippen molar-refractivity contribution >= 4 is 17.3 Å². The van der Waals surface area contributed by atoms with Gasteiger partial charge >= 0.3 is 0 Å². The molecule has 0 unspecified atom stereocenters. The topological polar surface area (TPSA) is 103 Å². The third kappa shape index (κ3) is 3.05. The summed E-state index contributed by atoms with van der Waals surface area (Å²) in [7, 11) is 0. The smallest absolute Gasteiger partial charge is 0.282 e. The summed E-state index contributed by atoms with van der Waals surface area (Å²) in [5.74, 6) is 0.0840. The maximum atomic E-state index is 12.2. The van der Waals surface area contributed by atoms with E-state index in [0.717, 1.165) is 0 Å². The zero-order chi connectivity index (χ0) is 16.2. The number of rotatable bonds is 4. The van der Waals surface area contributed by atoms with Crippen LogP contribution in [0.3, 0.4) is 0 Å². The number of anilines is 1. The van der Waals surface area contributed by atoms with Crippen LogP contribution in [-0.2, 0) is 0 Å². The lowest BCUT2D eigenvalue weighted by Gasteiger charge is -2.06. The average molecular weight is 309 g/mol. The van der Waals surface area contributed by atoms with Crippen LogP contribution in [0.1, 0.15) is 10.4 Å². The molecule has 0 fully saturated rings. The Morgan fingerprint density at radius 1 is 1.22 bits per heavy atom. The summed E-state index contributed by atoms with van der Waals surface area (Å²) in [6.07, 6.45) is 6.45. The Hall–Kier alpha value is -3.55. The monoisotopic (exact) mass is 309 g/mol.